The van der Waals surface area contributed by atoms with E-state index in [1.807, 2.05) is 4.90 Å². The van der Waals surface area contributed by atoms with Gasteiger partial charge in [0.15, 0.2) is 5.82 Å². The van der Waals surface area contributed by atoms with Gasteiger partial charge in [0.1, 0.15) is 29.5 Å². The van der Waals surface area contributed by atoms with Crippen molar-refractivity contribution in [2.45, 2.75) is 19.4 Å². The van der Waals surface area contributed by atoms with E-state index in [2.05, 4.69) is 9.97 Å². The summed E-state index contributed by atoms with van der Waals surface area (Å²) in [5.41, 5.74) is 0.130. The molecule has 1 aliphatic heterocycles. The van der Waals surface area contributed by atoms with Gasteiger partial charge in [-0.05, 0) is 37.1 Å². The summed E-state index contributed by atoms with van der Waals surface area (Å²) in [6.45, 7) is 1.80. The van der Waals surface area contributed by atoms with Crippen molar-refractivity contribution in [3.63, 3.8) is 0 Å². The summed E-state index contributed by atoms with van der Waals surface area (Å²) in [4.78, 5) is 21.9. The summed E-state index contributed by atoms with van der Waals surface area (Å²) in [5.74, 6) is 1.34. The molecule has 0 bridgehead atoms. The molecule has 0 amide bonds. The maximum absolute atomic E-state index is 11.4. The van der Waals surface area contributed by atoms with Crippen molar-refractivity contribution < 1.29 is 19.4 Å². The number of ether oxygens (including phenoxy) is 2. The number of hydrogen-bond donors (Lipinski definition) is 1. The summed E-state index contributed by atoms with van der Waals surface area (Å²) < 4.78 is 10.8. The second-order valence-electron chi connectivity index (χ2n) is 5.49. The minimum Gasteiger partial charge on any atom is -0.497 e. The highest BCUT2D eigenvalue weighted by Crippen LogP contribution is 2.23. The largest absolute Gasteiger partial charge is 0.497 e. The zero-order chi connectivity index (χ0) is 16.9. The van der Waals surface area contributed by atoms with Gasteiger partial charge in [-0.1, -0.05) is 0 Å². The van der Waals surface area contributed by atoms with E-state index in [4.69, 9.17) is 9.47 Å². The number of carbonyl (C=O) groups is 1. The second kappa shape index (κ2) is 7.16. The zero-order valence-electron chi connectivity index (χ0n) is 13.4. The maximum Gasteiger partial charge on any atom is 0.341 e. The molecule has 0 atom stereocenters. The Balaban J connectivity index is 1.75. The fourth-order valence-electron chi connectivity index (χ4n) is 2.62. The Hall–Kier alpha value is -2.83. The number of carboxylic acid groups (broad SMARTS) is 1. The fraction of sp³-hybridized carbons (Fsp3) is 0.353. The lowest BCUT2D eigenvalue weighted by Crippen LogP contribution is -2.23. The number of carboxylic acids is 1. The van der Waals surface area contributed by atoms with E-state index in [1.165, 1.54) is 6.20 Å². The molecule has 0 unspecified atom stereocenters. The first-order chi connectivity index (χ1) is 11.7. The van der Waals surface area contributed by atoms with E-state index in [9.17, 15) is 9.90 Å². The van der Waals surface area contributed by atoms with E-state index in [0.717, 1.165) is 31.7 Å². The number of hydrogen-bond acceptors (Lipinski definition) is 6. The number of methoxy groups -OCH3 is 1. The molecular formula is C17H19N3O4. The van der Waals surface area contributed by atoms with E-state index < -0.39 is 5.97 Å². The van der Waals surface area contributed by atoms with Crippen LogP contribution in [0.5, 0.6) is 11.5 Å². The molecule has 7 nitrogen and oxygen atoms in total. The van der Waals surface area contributed by atoms with E-state index in [-0.39, 0.29) is 12.2 Å². The topological polar surface area (TPSA) is 84.8 Å². The normalized spacial score (nSPS) is 13.8. The molecule has 1 saturated heterocycles. The van der Waals surface area contributed by atoms with Crippen molar-refractivity contribution in [2.24, 2.45) is 0 Å². The molecule has 1 N–H and O–H groups in total. The lowest BCUT2D eigenvalue weighted by molar-refractivity contribution is 0.0696. The van der Waals surface area contributed by atoms with Crippen molar-refractivity contribution in [1.29, 1.82) is 0 Å². The predicted octanol–water partition coefficient (Wildman–Crippen LogP) is 2.36. The van der Waals surface area contributed by atoms with Gasteiger partial charge in [0.25, 0.3) is 0 Å². The number of rotatable bonds is 6. The van der Waals surface area contributed by atoms with Gasteiger partial charge in [0, 0.05) is 19.3 Å². The van der Waals surface area contributed by atoms with E-state index >= 15 is 0 Å². The monoisotopic (exact) mass is 329 g/mol. The van der Waals surface area contributed by atoms with Crippen molar-refractivity contribution in [3.8, 4) is 11.5 Å². The van der Waals surface area contributed by atoms with Crippen LogP contribution in [0, 0.1) is 0 Å². The Morgan fingerprint density at radius 1 is 1.21 bits per heavy atom. The lowest BCUT2D eigenvalue weighted by atomic mass is 10.3. The minimum atomic E-state index is -1.01. The van der Waals surface area contributed by atoms with Crippen molar-refractivity contribution in [2.75, 3.05) is 25.1 Å². The minimum absolute atomic E-state index is 0.130. The van der Waals surface area contributed by atoms with Crippen molar-refractivity contribution in [1.82, 2.24) is 9.97 Å². The third kappa shape index (κ3) is 3.56. The Labute approximate surface area is 139 Å². The molecule has 126 valence electrons. The zero-order valence-corrected chi connectivity index (χ0v) is 13.4. The molecule has 1 aromatic carbocycles. The number of nitrogens with zero attached hydrogens (tertiary/aromatic N) is 3. The van der Waals surface area contributed by atoms with Gasteiger partial charge < -0.3 is 19.5 Å². The van der Waals surface area contributed by atoms with Gasteiger partial charge in [-0.25, -0.2) is 14.8 Å². The maximum atomic E-state index is 11.4. The number of benzene rings is 1. The quantitative estimate of drug-likeness (QED) is 0.870. The van der Waals surface area contributed by atoms with Gasteiger partial charge in [0.05, 0.1) is 7.11 Å². The van der Waals surface area contributed by atoms with Gasteiger partial charge in [0.2, 0.25) is 0 Å². The molecule has 0 spiro atoms. The number of aromatic carboxylic acids is 1. The van der Waals surface area contributed by atoms with Crippen LogP contribution in [0.1, 0.15) is 29.0 Å². The fourth-order valence-corrected chi connectivity index (χ4v) is 2.62. The van der Waals surface area contributed by atoms with Crippen LogP contribution in [-0.2, 0) is 6.61 Å². The van der Waals surface area contributed by atoms with Crippen LogP contribution in [0.2, 0.25) is 0 Å². The Morgan fingerprint density at radius 3 is 2.50 bits per heavy atom. The summed E-state index contributed by atoms with van der Waals surface area (Å²) in [5, 5.41) is 9.32. The molecule has 1 fully saturated rings. The number of anilines is 1. The highest BCUT2D eigenvalue weighted by atomic mass is 16.5. The van der Waals surface area contributed by atoms with Crippen LogP contribution >= 0.6 is 0 Å². The average Bonchev–Trinajstić information content (AvgIpc) is 3.14. The van der Waals surface area contributed by atoms with Gasteiger partial charge in [-0.15, -0.1) is 0 Å². The molecular weight excluding hydrogens is 310 g/mol. The van der Waals surface area contributed by atoms with Gasteiger partial charge in [-0.3, -0.25) is 0 Å². The van der Waals surface area contributed by atoms with E-state index in [0.29, 0.717) is 17.4 Å². The molecule has 24 heavy (non-hydrogen) atoms. The summed E-state index contributed by atoms with van der Waals surface area (Å²) in [6, 6.07) is 7.20. The Bertz CT molecular complexity index is 712. The summed E-state index contributed by atoms with van der Waals surface area (Å²) >= 11 is 0. The molecule has 2 heterocycles. The van der Waals surface area contributed by atoms with Crippen molar-refractivity contribution >= 4 is 11.8 Å². The molecule has 0 aliphatic carbocycles. The Kier molecular flexibility index (Phi) is 4.79. The molecule has 2 aromatic rings. The standard InChI is InChI=1S/C17H19N3O4/c1-23-12-4-6-13(7-5-12)24-11-15-18-10-14(17(21)22)16(19-15)20-8-2-3-9-20/h4-7,10H,2-3,8-9,11H2,1H3,(H,21,22). The third-order valence-electron chi connectivity index (χ3n) is 3.88. The highest BCUT2D eigenvalue weighted by Gasteiger charge is 2.22. The van der Waals surface area contributed by atoms with Crippen LogP contribution in [0.3, 0.4) is 0 Å². The van der Waals surface area contributed by atoms with Crippen LogP contribution in [0.15, 0.2) is 30.5 Å². The predicted molar refractivity (Wildman–Crippen MR) is 87.8 cm³/mol. The van der Waals surface area contributed by atoms with E-state index in [1.54, 1.807) is 31.4 Å². The first kappa shape index (κ1) is 16.0. The molecule has 0 saturated carbocycles. The molecule has 1 aromatic heterocycles. The molecule has 1 aliphatic rings. The summed E-state index contributed by atoms with van der Waals surface area (Å²) in [7, 11) is 1.60. The second-order valence-corrected chi connectivity index (χ2v) is 5.49. The van der Waals surface area contributed by atoms with Gasteiger partial charge >= 0.3 is 5.97 Å². The lowest BCUT2D eigenvalue weighted by Gasteiger charge is -2.19. The first-order valence-electron chi connectivity index (χ1n) is 7.78. The van der Waals surface area contributed by atoms with Crippen LogP contribution < -0.4 is 14.4 Å². The van der Waals surface area contributed by atoms with Crippen molar-refractivity contribution in [3.05, 3.63) is 41.9 Å². The van der Waals surface area contributed by atoms with Crippen LogP contribution in [0.25, 0.3) is 0 Å². The van der Waals surface area contributed by atoms with Crippen LogP contribution in [-0.4, -0.2) is 41.2 Å². The molecule has 7 heteroatoms. The third-order valence-corrected chi connectivity index (χ3v) is 3.88. The average molecular weight is 329 g/mol. The first-order valence-corrected chi connectivity index (χ1v) is 7.78. The smallest absolute Gasteiger partial charge is 0.341 e. The SMILES string of the molecule is COc1ccc(OCc2ncc(C(=O)O)c(N3CCCC3)n2)cc1. The molecule has 0 radical (unpaired) electrons. The van der Waals surface area contributed by atoms with Crippen LogP contribution in [0.4, 0.5) is 5.82 Å². The molecule has 3 rings (SSSR count). The highest BCUT2D eigenvalue weighted by molar-refractivity contribution is 5.93. The number of aromatic nitrogens is 2. The van der Waals surface area contributed by atoms with Gasteiger partial charge in [-0.2, -0.15) is 0 Å². The summed E-state index contributed by atoms with van der Waals surface area (Å²) in [6.07, 6.45) is 3.44. The Morgan fingerprint density at radius 2 is 1.88 bits per heavy atom.